The predicted octanol–water partition coefficient (Wildman–Crippen LogP) is 1.50. The molecule has 0 aliphatic heterocycles. The van der Waals surface area contributed by atoms with E-state index in [1.165, 1.54) is 11.8 Å². The molecule has 0 unspecified atom stereocenters. The van der Waals surface area contributed by atoms with Gasteiger partial charge >= 0.3 is 5.97 Å². The first-order chi connectivity index (χ1) is 10.6. The van der Waals surface area contributed by atoms with Crippen LogP contribution in [0.2, 0.25) is 5.15 Å². The third-order valence-electron chi connectivity index (χ3n) is 2.94. The van der Waals surface area contributed by atoms with Crippen LogP contribution in [-0.2, 0) is 11.8 Å². The third kappa shape index (κ3) is 2.56. The highest BCUT2D eigenvalue weighted by atomic mass is 35.5. The highest BCUT2D eigenvalue weighted by Gasteiger charge is 2.18. The molecule has 112 valence electrons. The van der Waals surface area contributed by atoms with Gasteiger partial charge in [0.15, 0.2) is 16.7 Å². The van der Waals surface area contributed by atoms with Crippen molar-refractivity contribution in [3.63, 3.8) is 0 Å². The van der Waals surface area contributed by atoms with Crippen molar-refractivity contribution in [1.29, 1.82) is 0 Å². The van der Waals surface area contributed by atoms with Gasteiger partial charge < -0.3 is 4.74 Å². The minimum atomic E-state index is -0.536. The predicted molar refractivity (Wildman–Crippen MR) is 77.7 cm³/mol. The molecule has 0 saturated heterocycles. The Labute approximate surface area is 130 Å². The quantitative estimate of drug-likeness (QED) is 0.680. The van der Waals surface area contributed by atoms with Crippen LogP contribution in [0.3, 0.4) is 0 Å². The van der Waals surface area contributed by atoms with Crippen molar-refractivity contribution in [2.45, 2.75) is 0 Å². The number of methoxy groups -OCH3 is 1. The number of nitrogens with zero attached hydrogens (tertiary/aromatic N) is 6. The van der Waals surface area contributed by atoms with Crippen molar-refractivity contribution in [3.8, 4) is 17.1 Å². The number of esters is 1. The van der Waals surface area contributed by atoms with Crippen LogP contribution >= 0.6 is 11.6 Å². The molecule has 0 bridgehead atoms. The molecule has 0 spiro atoms. The Kier molecular flexibility index (Phi) is 3.60. The molecule has 3 rings (SSSR count). The van der Waals surface area contributed by atoms with Gasteiger partial charge in [-0.15, -0.1) is 10.2 Å². The monoisotopic (exact) mass is 318 g/mol. The first-order valence-electron chi connectivity index (χ1n) is 6.25. The number of ether oxygens (including phenoxy) is 1. The van der Waals surface area contributed by atoms with E-state index in [-0.39, 0.29) is 10.8 Å². The summed E-state index contributed by atoms with van der Waals surface area (Å²) in [4.78, 5) is 11.7. The summed E-state index contributed by atoms with van der Waals surface area (Å²) in [6, 6.07) is 4.86. The fourth-order valence-electron chi connectivity index (χ4n) is 1.94. The first-order valence-corrected chi connectivity index (χ1v) is 6.63. The average molecular weight is 319 g/mol. The van der Waals surface area contributed by atoms with E-state index in [1.807, 2.05) is 0 Å². The van der Waals surface area contributed by atoms with E-state index < -0.39 is 5.97 Å². The highest BCUT2D eigenvalue weighted by Crippen LogP contribution is 2.23. The summed E-state index contributed by atoms with van der Waals surface area (Å²) < 4.78 is 7.85. The van der Waals surface area contributed by atoms with Crippen molar-refractivity contribution in [1.82, 2.24) is 29.8 Å². The van der Waals surface area contributed by atoms with E-state index in [0.29, 0.717) is 11.5 Å². The third-order valence-corrected chi connectivity index (χ3v) is 3.14. The van der Waals surface area contributed by atoms with Crippen LogP contribution in [0.25, 0.3) is 17.1 Å². The van der Waals surface area contributed by atoms with Gasteiger partial charge in [0.1, 0.15) is 0 Å². The number of halogens is 1. The van der Waals surface area contributed by atoms with Crippen molar-refractivity contribution < 1.29 is 9.53 Å². The summed E-state index contributed by atoms with van der Waals surface area (Å²) in [6.45, 7) is 0. The molecule has 0 fully saturated rings. The van der Waals surface area contributed by atoms with Crippen molar-refractivity contribution in [3.05, 3.63) is 41.4 Å². The van der Waals surface area contributed by atoms with Gasteiger partial charge in [-0.2, -0.15) is 10.2 Å². The zero-order valence-corrected chi connectivity index (χ0v) is 12.5. The highest BCUT2D eigenvalue weighted by molar-refractivity contribution is 6.29. The molecule has 3 aromatic rings. The van der Waals surface area contributed by atoms with Gasteiger partial charge in [0.2, 0.25) is 0 Å². The second kappa shape index (κ2) is 5.57. The van der Waals surface area contributed by atoms with Crippen LogP contribution in [0.1, 0.15) is 10.5 Å². The summed E-state index contributed by atoms with van der Waals surface area (Å²) in [6.07, 6.45) is 3.47. The summed E-state index contributed by atoms with van der Waals surface area (Å²) >= 11 is 5.75. The SMILES string of the molecule is COC(=O)c1cc(-c2cnn(C)c2)n(-c2ccc(Cl)nn2)n1. The van der Waals surface area contributed by atoms with Gasteiger partial charge in [0, 0.05) is 18.8 Å². The molecule has 3 heterocycles. The molecule has 8 nitrogen and oxygen atoms in total. The van der Waals surface area contributed by atoms with E-state index in [4.69, 9.17) is 16.3 Å². The molecular weight excluding hydrogens is 308 g/mol. The smallest absolute Gasteiger partial charge is 0.358 e. The molecule has 3 aromatic heterocycles. The number of hydrogen-bond donors (Lipinski definition) is 0. The van der Waals surface area contributed by atoms with Crippen LogP contribution < -0.4 is 0 Å². The van der Waals surface area contributed by atoms with Crippen LogP contribution in [-0.4, -0.2) is 42.8 Å². The maximum absolute atomic E-state index is 11.7. The van der Waals surface area contributed by atoms with Gasteiger partial charge in [-0.3, -0.25) is 4.68 Å². The van der Waals surface area contributed by atoms with Crippen LogP contribution in [0.4, 0.5) is 0 Å². The molecule has 0 atom stereocenters. The molecule has 22 heavy (non-hydrogen) atoms. The summed E-state index contributed by atoms with van der Waals surface area (Å²) in [5.74, 6) is -0.107. The molecule has 0 aromatic carbocycles. The van der Waals surface area contributed by atoms with Crippen LogP contribution in [0, 0.1) is 0 Å². The zero-order chi connectivity index (χ0) is 15.7. The summed E-state index contributed by atoms with van der Waals surface area (Å²) in [5, 5.41) is 16.4. The number of aryl methyl sites for hydroxylation is 1. The molecule has 0 aliphatic carbocycles. The second-order valence-corrected chi connectivity index (χ2v) is 4.82. The van der Waals surface area contributed by atoms with Crippen molar-refractivity contribution in [2.75, 3.05) is 7.11 Å². The lowest BCUT2D eigenvalue weighted by molar-refractivity contribution is 0.0593. The minimum absolute atomic E-state index is 0.165. The van der Waals surface area contributed by atoms with Gasteiger partial charge in [0.05, 0.1) is 19.0 Å². The molecule has 0 amide bonds. The number of hydrogen-bond acceptors (Lipinski definition) is 6. The van der Waals surface area contributed by atoms with E-state index in [0.717, 1.165) is 5.56 Å². The number of carbonyl (C=O) groups is 1. The average Bonchev–Trinajstić information content (AvgIpc) is 3.13. The Morgan fingerprint density at radius 1 is 1.32 bits per heavy atom. The van der Waals surface area contributed by atoms with Crippen LogP contribution in [0.15, 0.2) is 30.6 Å². The van der Waals surface area contributed by atoms with E-state index in [9.17, 15) is 4.79 Å². The molecular formula is C13H11ClN6O2. The Morgan fingerprint density at radius 2 is 2.14 bits per heavy atom. The van der Waals surface area contributed by atoms with Gasteiger partial charge in [-0.05, 0) is 18.2 Å². The van der Waals surface area contributed by atoms with Gasteiger partial charge in [-0.25, -0.2) is 9.48 Å². The van der Waals surface area contributed by atoms with Gasteiger partial charge in [-0.1, -0.05) is 11.6 Å². The molecule has 0 aliphatic rings. The maximum atomic E-state index is 11.7. The Bertz CT molecular complexity index is 823. The van der Waals surface area contributed by atoms with E-state index in [1.54, 1.807) is 42.3 Å². The summed E-state index contributed by atoms with van der Waals surface area (Å²) in [5.41, 5.74) is 1.59. The molecule has 0 N–H and O–H groups in total. The Hall–Kier alpha value is -2.74. The Balaban J connectivity index is 2.16. The van der Waals surface area contributed by atoms with Gasteiger partial charge in [0.25, 0.3) is 0 Å². The molecule has 9 heteroatoms. The number of carbonyl (C=O) groups excluding carboxylic acids is 1. The Morgan fingerprint density at radius 3 is 2.73 bits per heavy atom. The number of aromatic nitrogens is 6. The van der Waals surface area contributed by atoms with E-state index in [2.05, 4.69) is 20.4 Å². The fraction of sp³-hybridized carbons (Fsp3) is 0.154. The maximum Gasteiger partial charge on any atom is 0.358 e. The zero-order valence-electron chi connectivity index (χ0n) is 11.8. The second-order valence-electron chi connectivity index (χ2n) is 4.44. The lowest BCUT2D eigenvalue weighted by Crippen LogP contribution is -2.06. The standard InChI is InChI=1S/C13H11ClN6O2/c1-19-7-8(6-15-19)10-5-9(13(21)22-2)18-20(10)12-4-3-11(14)16-17-12/h3-7H,1-2H3. The number of rotatable bonds is 3. The van der Waals surface area contributed by atoms with Crippen molar-refractivity contribution >= 4 is 17.6 Å². The molecule has 0 radical (unpaired) electrons. The minimum Gasteiger partial charge on any atom is -0.464 e. The largest absolute Gasteiger partial charge is 0.464 e. The van der Waals surface area contributed by atoms with Crippen LogP contribution in [0.5, 0.6) is 0 Å². The first kappa shape index (κ1) is 14.2. The lowest BCUT2D eigenvalue weighted by atomic mass is 10.2. The lowest BCUT2D eigenvalue weighted by Gasteiger charge is -2.03. The summed E-state index contributed by atoms with van der Waals surface area (Å²) in [7, 11) is 3.10. The normalized spacial score (nSPS) is 10.7. The van der Waals surface area contributed by atoms with Crippen molar-refractivity contribution in [2.24, 2.45) is 7.05 Å². The van der Waals surface area contributed by atoms with E-state index >= 15 is 0 Å². The fourth-order valence-corrected chi connectivity index (χ4v) is 2.04. The topological polar surface area (TPSA) is 87.7 Å². The molecule has 0 saturated carbocycles.